The van der Waals surface area contributed by atoms with E-state index >= 15 is 0 Å². The summed E-state index contributed by atoms with van der Waals surface area (Å²) < 4.78 is 0. The minimum Gasteiger partial charge on any atom is -0.302 e. The van der Waals surface area contributed by atoms with Crippen LogP contribution in [0.3, 0.4) is 0 Å². The van der Waals surface area contributed by atoms with Crippen LogP contribution in [0.25, 0.3) is 0 Å². The Kier molecular flexibility index (Phi) is 3.59. The number of carbonyl (C=O) groups is 1. The summed E-state index contributed by atoms with van der Waals surface area (Å²) in [5.41, 5.74) is 1.21. The first kappa shape index (κ1) is 11.6. The number of nitrogens with zero attached hydrogens (tertiary/aromatic N) is 1. The molecule has 88 valence electrons. The van der Waals surface area contributed by atoms with Crippen molar-refractivity contribution in [2.75, 3.05) is 5.32 Å². The smallest absolute Gasteiger partial charge is 0.223 e. The van der Waals surface area contributed by atoms with Gasteiger partial charge in [-0.3, -0.25) is 4.79 Å². The first-order valence-electron chi connectivity index (χ1n) is 5.95. The zero-order valence-electron chi connectivity index (χ0n) is 9.88. The van der Waals surface area contributed by atoms with Gasteiger partial charge in [-0.25, -0.2) is 4.98 Å². The van der Waals surface area contributed by atoms with Crippen LogP contribution in [-0.2, 0) is 17.6 Å². The third-order valence-electron chi connectivity index (χ3n) is 3.02. The molecule has 1 heterocycles. The molecule has 0 aliphatic heterocycles. The van der Waals surface area contributed by atoms with Gasteiger partial charge in [0.05, 0.1) is 5.69 Å². The molecule has 1 unspecified atom stereocenters. The molecule has 0 bridgehead atoms. The van der Waals surface area contributed by atoms with Crippen LogP contribution in [0.1, 0.15) is 43.7 Å². The summed E-state index contributed by atoms with van der Waals surface area (Å²) in [5.74, 6) is 0.791. The third-order valence-corrected chi connectivity index (χ3v) is 4.06. The van der Waals surface area contributed by atoms with Gasteiger partial charge in [0.1, 0.15) is 0 Å². The van der Waals surface area contributed by atoms with E-state index in [2.05, 4.69) is 17.2 Å². The number of anilines is 1. The van der Waals surface area contributed by atoms with Crippen LogP contribution in [0.4, 0.5) is 5.13 Å². The lowest BCUT2D eigenvalue weighted by Gasteiger charge is -2.19. The zero-order valence-corrected chi connectivity index (χ0v) is 10.7. The van der Waals surface area contributed by atoms with E-state index in [4.69, 9.17) is 0 Å². The maximum absolute atomic E-state index is 10.9. The quantitative estimate of drug-likeness (QED) is 0.879. The van der Waals surface area contributed by atoms with Crippen molar-refractivity contribution in [2.24, 2.45) is 5.92 Å². The minimum absolute atomic E-state index is 0.0313. The highest BCUT2D eigenvalue weighted by atomic mass is 32.1. The molecule has 1 amide bonds. The highest BCUT2D eigenvalue weighted by molar-refractivity contribution is 7.15. The highest BCUT2D eigenvalue weighted by Gasteiger charge is 2.22. The van der Waals surface area contributed by atoms with Crippen molar-refractivity contribution < 1.29 is 4.79 Å². The second-order valence-electron chi connectivity index (χ2n) is 4.47. The molecule has 1 aliphatic carbocycles. The van der Waals surface area contributed by atoms with E-state index in [1.165, 1.54) is 36.8 Å². The van der Waals surface area contributed by atoms with Gasteiger partial charge in [0.25, 0.3) is 0 Å². The largest absolute Gasteiger partial charge is 0.302 e. The summed E-state index contributed by atoms with van der Waals surface area (Å²) in [7, 11) is 0. The molecular weight excluding hydrogens is 220 g/mol. The molecule has 0 radical (unpaired) electrons. The predicted molar refractivity (Wildman–Crippen MR) is 66.8 cm³/mol. The zero-order chi connectivity index (χ0) is 11.5. The Morgan fingerprint density at radius 1 is 1.62 bits per heavy atom. The molecule has 0 fully saturated rings. The van der Waals surface area contributed by atoms with Crippen LogP contribution >= 0.6 is 11.3 Å². The molecule has 1 aromatic heterocycles. The lowest BCUT2D eigenvalue weighted by molar-refractivity contribution is -0.114. The van der Waals surface area contributed by atoms with Crippen LogP contribution in [0, 0.1) is 5.92 Å². The maximum Gasteiger partial charge on any atom is 0.223 e. The Labute approximate surface area is 100 Å². The Balaban J connectivity index is 2.07. The summed E-state index contributed by atoms with van der Waals surface area (Å²) in [6.45, 7) is 3.77. The normalized spacial score (nSPS) is 19.2. The van der Waals surface area contributed by atoms with Gasteiger partial charge in [-0.15, -0.1) is 11.3 Å². The summed E-state index contributed by atoms with van der Waals surface area (Å²) >= 11 is 1.65. The van der Waals surface area contributed by atoms with E-state index in [1.807, 2.05) is 0 Å². The Morgan fingerprint density at radius 2 is 2.44 bits per heavy atom. The Morgan fingerprint density at radius 3 is 3.12 bits per heavy atom. The van der Waals surface area contributed by atoms with Crippen molar-refractivity contribution in [1.82, 2.24) is 4.98 Å². The van der Waals surface area contributed by atoms with Crippen molar-refractivity contribution >= 4 is 22.4 Å². The number of carbonyl (C=O) groups excluding carboxylic acids is 1. The molecule has 1 aliphatic rings. The monoisotopic (exact) mass is 238 g/mol. The van der Waals surface area contributed by atoms with E-state index < -0.39 is 0 Å². The molecule has 1 aromatic rings. The molecule has 0 saturated heterocycles. The van der Waals surface area contributed by atoms with Gasteiger partial charge in [-0.1, -0.05) is 19.8 Å². The van der Waals surface area contributed by atoms with Crippen molar-refractivity contribution in [2.45, 2.75) is 46.0 Å². The summed E-state index contributed by atoms with van der Waals surface area (Å²) in [6, 6.07) is 0. The third kappa shape index (κ3) is 2.61. The first-order valence-corrected chi connectivity index (χ1v) is 6.77. The molecule has 2 rings (SSSR count). The summed E-state index contributed by atoms with van der Waals surface area (Å²) in [4.78, 5) is 16.8. The van der Waals surface area contributed by atoms with Crippen molar-refractivity contribution in [3.05, 3.63) is 10.6 Å². The molecule has 0 saturated carbocycles. The highest BCUT2D eigenvalue weighted by Crippen LogP contribution is 2.33. The Bertz CT molecular complexity index is 386. The average molecular weight is 238 g/mol. The van der Waals surface area contributed by atoms with Gasteiger partial charge < -0.3 is 5.32 Å². The maximum atomic E-state index is 10.9. The van der Waals surface area contributed by atoms with Crippen LogP contribution in [0.15, 0.2) is 0 Å². The SMILES string of the molecule is CCCC1CCc2nc(NC(C)=O)sc2C1. The van der Waals surface area contributed by atoms with Gasteiger partial charge in [0.2, 0.25) is 5.91 Å². The van der Waals surface area contributed by atoms with E-state index in [0.29, 0.717) is 0 Å². The number of amides is 1. The first-order chi connectivity index (χ1) is 7.69. The van der Waals surface area contributed by atoms with Crippen molar-refractivity contribution in [3.8, 4) is 0 Å². The number of aromatic nitrogens is 1. The molecule has 0 aromatic carbocycles. The number of hydrogen-bond donors (Lipinski definition) is 1. The van der Waals surface area contributed by atoms with Gasteiger partial charge >= 0.3 is 0 Å². The number of fused-ring (bicyclic) bond motifs is 1. The Hall–Kier alpha value is -0.900. The predicted octanol–water partition coefficient (Wildman–Crippen LogP) is 3.01. The van der Waals surface area contributed by atoms with Crippen LogP contribution in [-0.4, -0.2) is 10.9 Å². The minimum atomic E-state index is -0.0313. The van der Waals surface area contributed by atoms with Gasteiger partial charge in [-0.05, 0) is 25.2 Å². The number of nitrogens with one attached hydrogen (secondary N) is 1. The lowest BCUT2D eigenvalue weighted by atomic mass is 9.88. The molecule has 1 atom stereocenters. The number of rotatable bonds is 3. The molecule has 4 heteroatoms. The van der Waals surface area contributed by atoms with E-state index in [0.717, 1.165) is 23.9 Å². The number of hydrogen-bond acceptors (Lipinski definition) is 3. The molecular formula is C12H18N2OS. The standard InChI is InChI=1S/C12H18N2OS/c1-3-4-9-5-6-10-11(7-9)16-12(14-10)13-8(2)15/h9H,3-7H2,1-2H3,(H,13,14,15). The molecule has 0 spiro atoms. The number of thiazole rings is 1. The fourth-order valence-electron chi connectivity index (χ4n) is 2.30. The van der Waals surface area contributed by atoms with Crippen LogP contribution in [0.2, 0.25) is 0 Å². The van der Waals surface area contributed by atoms with E-state index in [1.54, 1.807) is 11.3 Å². The van der Waals surface area contributed by atoms with Gasteiger partial charge in [0.15, 0.2) is 5.13 Å². The number of aryl methyl sites for hydroxylation is 1. The van der Waals surface area contributed by atoms with E-state index in [-0.39, 0.29) is 5.91 Å². The summed E-state index contributed by atoms with van der Waals surface area (Å²) in [5, 5.41) is 3.55. The lowest BCUT2D eigenvalue weighted by Crippen LogP contribution is -2.12. The second kappa shape index (κ2) is 4.95. The summed E-state index contributed by atoms with van der Waals surface area (Å²) in [6.07, 6.45) is 6.06. The fraction of sp³-hybridized carbons (Fsp3) is 0.667. The molecule has 16 heavy (non-hydrogen) atoms. The second-order valence-corrected chi connectivity index (χ2v) is 5.55. The molecule has 1 N–H and O–H groups in total. The van der Waals surface area contributed by atoms with Crippen molar-refractivity contribution in [1.29, 1.82) is 0 Å². The van der Waals surface area contributed by atoms with Crippen LogP contribution in [0.5, 0.6) is 0 Å². The van der Waals surface area contributed by atoms with Gasteiger partial charge in [-0.2, -0.15) is 0 Å². The van der Waals surface area contributed by atoms with Crippen molar-refractivity contribution in [3.63, 3.8) is 0 Å². The molecule has 3 nitrogen and oxygen atoms in total. The van der Waals surface area contributed by atoms with Crippen LogP contribution < -0.4 is 5.32 Å². The topological polar surface area (TPSA) is 42.0 Å². The van der Waals surface area contributed by atoms with Gasteiger partial charge in [0, 0.05) is 11.8 Å². The average Bonchev–Trinajstić information content (AvgIpc) is 2.58. The fourth-order valence-corrected chi connectivity index (χ4v) is 3.47. The van der Waals surface area contributed by atoms with E-state index in [9.17, 15) is 4.79 Å².